The van der Waals surface area contributed by atoms with Crippen molar-refractivity contribution in [3.05, 3.63) is 76.6 Å². The number of aryl methyl sites for hydroxylation is 1. The molecule has 6 nitrogen and oxygen atoms in total. The number of amides is 1. The number of ether oxygens (including phenoxy) is 2. The monoisotopic (exact) mass is 409 g/mol. The molecule has 7 heteroatoms. The molecule has 1 N–H and O–H groups in total. The Morgan fingerprint density at radius 3 is 2.69 bits per heavy atom. The fraction of sp³-hybridized carbons (Fsp3) is 0.182. The number of rotatable bonds is 4. The molecule has 4 rings (SSSR count). The number of para-hydroxylation sites is 3. The first-order valence-corrected chi connectivity index (χ1v) is 9.57. The zero-order valence-corrected chi connectivity index (χ0v) is 16.8. The van der Waals surface area contributed by atoms with Gasteiger partial charge in [-0.3, -0.25) is 4.79 Å². The maximum absolute atomic E-state index is 12.4. The second-order valence-corrected chi connectivity index (χ2v) is 7.12. The minimum Gasteiger partial charge on any atom is -0.485 e. The highest BCUT2D eigenvalue weighted by Crippen LogP contribution is 2.31. The highest BCUT2D eigenvalue weighted by Gasteiger charge is 2.27. The van der Waals surface area contributed by atoms with Crippen molar-refractivity contribution in [2.24, 2.45) is 5.10 Å². The van der Waals surface area contributed by atoms with E-state index in [0.29, 0.717) is 16.5 Å². The topological polar surface area (TPSA) is 64.8 Å². The van der Waals surface area contributed by atoms with Crippen molar-refractivity contribution in [2.45, 2.75) is 20.0 Å². The summed E-state index contributed by atoms with van der Waals surface area (Å²) in [6, 6.07) is 16.9. The molecular formula is C22H20ClN3O3. The Kier molecular flexibility index (Phi) is 5.27. The van der Waals surface area contributed by atoms with Gasteiger partial charge in [0.25, 0.3) is 5.91 Å². The van der Waals surface area contributed by atoms with E-state index in [0.717, 1.165) is 22.6 Å². The molecule has 1 aliphatic rings. The Hall–Kier alpha value is -3.25. The van der Waals surface area contributed by atoms with Crippen LogP contribution in [0.5, 0.6) is 11.5 Å². The van der Waals surface area contributed by atoms with Crippen molar-refractivity contribution in [3.8, 4) is 17.2 Å². The molecule has 0 bridgehead atoms. The van der Waals surface area contributed by atoms with Crippen molar-refractivity contribution in [1.29, 1.82) is 0 Å². The van der Waals surface area contributed by atoms with Crippen molar-refractivity contribution in [2.75, 3.05) is 6.61 Å². The molecule has 0 unspecified atom stereocenters. The number of carbonyl (C=O) groups excluding carboxylic acids is 1. The number of hydrogen-bond donors (Lipinski definition) is 1. The number of hydrogen-bond acceptors (Lipinski definition) is 4. The zero-order chi connectivity index (χ0) is 20.4. The first kappa shape index (κ1) is 19.1. The first-order chi connectivity index (χ1) is 14.0. The van der Waals surface area contributed by atoms with Gasteiger partial charge in [0, 0.05) is 17.0 Å². The van der Waals surface area contributed by atoms with Crippen LogP contribution in [0.4, 0.5) is 0 Å². The van der Waals surface area contributed by atoms with Gasteiger partial charge in [-0.25, -0.2) is 5.43 Å². The number of nitrogens with one attached hydrogen (secondary N) is 1. The van der Waals surface area contributed by atoms with Gasteiger partial charge in [0.2, 0.25) is 6.10 Å². The van der Waals surface area contributed by atoms with Gasteiger partial charge in [-0.2, -0.15) is 5.10 Å². The molecule has 2 heterocycles. The number of carbonyl (C=O) groups is 1. The molecule has 2 aromatic carbocycles. The fourth-order valence-electron chi connectivity index (χ4n) is 3.31. The number of halogens is 1. The van der Waals surface area contributed by atoms with E-state index in [-0.39, 0.29) is 12.5 Å². The Balaban J connectivity index is 1.46. The second kappa shape index (κ2) is 8.01. The minimum atomic E-state index is -0.752. The summed E-state index contributed by atoms with van der Waals surface area (Å²) in [5.41, 5.74) is 6.30. The summed E-state index contributed by atoms with van der Waals surface area (Å²) < 4.78 is 13.3. The third-order valence-corrected chi connectivity index (χ3v) is 5.06. The molecule has 0 saturated carbocycles. The summed E-state index contributed by atoms with van der Waals surface area (Å²) in [5, 5.41) is 4.77. The zero-order valence-electron chi connectivity index (χ0n) is 16.1. The Labute approximate surface area is 173 Å². The Morgan fingerprint density at radius 2 is 1.90 bits per heavy atom. The van der Waals surface area contributed by atoms with E-state index >= 15 is 0 Å². The molecule has 1 aliphatic heterocycles. The maximum Gasteiger partial charge on any atom is 0.284 e. The number of fused-ring (bicyclic) bond motifs is 1. The van der Waals surface area contributed by atoms with Crippen LogP contribution in [0.3, 0.4) is 0 Å². The van der Waals surface area contributed by atoms with Crippen LogP contribution in [0.1, 0.15) is 17.0 Å². The lowest BCUT2D eigenvalue weighted by Crippen LogP contribution is -2.42. The minimum absolute atomic E-state index is 0.138. The van der Waals surface area contributed by atoms with Gasteiger partial charge in [0.05, 0.1) is 16.9 Å². The summed E-state index contributed by atoms with van der Waals surface area (Å²) in [7, 11) is 0. The fourth-order valence-corrected chi connectivity index (χ4v) is 3.53. The van der Waals surface area contributed by atoms with Crippen molar-refractivity contribution in [1.82, 2.24) is 9.99 Å². The largest absolute Gasteiger partial charge is 0.485 e. The molecule has 0 aliphatic carbocycles. The second-order valence-electron chi connectivity index (χ2n) is 6.71. The number of benzene rings is 2. The highest BCUT2D eigenvalue weighted by atomic mass is 35.5. The van der Waals surface area contributed by atoms with E-state index < -0.39 is 6.10 Å². The van der Waals surface area contributed by atoms with Crippen molar-refractivity contribution >= 4 is 23.7 Å². The summed E-state index contributed by atoms with van der Waals surface area (Å²) >= 11 is 6.34. The van der Waals surface area contributed by atoms with E-state index in [9.17, 15) is 4.79 Å². The Bertz CT molecular complexity index is 1090. The SMILES string of the molecule is Cc1cc(/C=N\NC(=O)[C@H]2COc3ccccc3O2)c(C)n1-c1ccccc1Cl. The van der Waals surface area contributed by atoms with Crippen LogP contribution < -0.4 is 14.9 Å². The van der Waals surface area contributed by atoms with Crippen LogP contribution in [0.15, 0.2) is 59.7 Å². The van der Waals surface area contributed by atoms with Crippen LogP contribution in [-0.2, 0) is 4.79 Å². The summed E-state index contributed by atoms with van der Waals surface area (Å²) in [5.74, 6) is 0.814. The van der Waals surface area contributed by atoms with Gasteiger partial charge in [-0.1, -0.05) is 35.9 Å². The van der Waals surface area contributed by atoms with Crippen LogP contribution in [0, 0.1) is 13.8 Å². The summed E-state index contributed by atoms with van der Waals surface area (Å²) in [6.07, 6.45) is 0.864. The predicted octanol–water partition coefficient (Wildman–Crippen LogP) is 4.04. The maximum atomic E-state index is 12.4. The third kappa shape index (κ3) is 3.84. The molecule has 0 fully saturated rings. The highest BCUT2D eigenvalue weighted by molar-refractivity contribution is 6.32. The smallest absolute Gasteiger partial charge is 0.284 e. The molecule has 0 saturated heterocycles. The average molecular weight is 410 g/mol. The Morgan fingerprint density at radius 1 is 1.17 bits per heavy atom. The van der Waals surface area contributed by atoms with Crippen LogP contribution in [0.2, 0.25) is 5.02 Å². The van der Waals surface area contributed by atoms with Crippen molar-refractivity contribution < 1.29 is 14.3 Å². The molecule has 29 heavy (non-hydrogen) atoms. The van der Waals surface area contributed by atoms with E-state index in [2.05, 4.69) is 15.1 Å². The standard InChI is InChI=1S/C22H20ClN3O3/c1-14-11-16(15(2)26(14)18-8-4-3-7-17(18)23)12-24-25-22(27)21-13-28-19-9-5-6-10-20(19)29-21/h3-12,21H,13H2,1-2H3,(H,25,27)/b24-12-/t21-/m1/s1. The predicted molar refractivity (Wildman–Crippen MR) is 112 cm³/mol. The molecule has 1 atom stereocenters. The van der Waals surface area contributed by atoms with Gasteiger partial charge >= 0.3 is 0 Å². The van der Waals surface area contributed by atoms with Crippen molar-refractivity contribution in [3.63, 3.8) is 0 Å². The molecule has 3 aromatic rings. The van der Waals surface area contributed by atoms with Gasteiger partial charge < -0.3 is 14.0 Å². The lowest BCUT2D eigenvalue weighted by Gasteiger charge is -2.24. The molecule has 1 aromatic heterocycles. The van der Waals surface area contributed by atoms with Crippen LogP contribution >= 0.6 is 11.6 Å². The molecule has 148 valence electrons. The molecule has 0 spiro atoms. The van der Waals surface area contributed by atoms with E-state index in [1.165, 1.54) is 0 Å². The van der Waals surface area contributed by atoms with Crippen LogP contribution in [0.25, 0.3) is 5.69 Å². The van der Waals surface area contributed by atoms with Crippen LogP contribution in [-0.4, -0.2) is 29.4 Å². The number of aromatic nitrogens is 1. The van der Waals surface area contributed by atoms with Gasteiger partial charge in [0.15, 0.2) is 11.5 Å². The van der Waals surface area contributed by atoms with Gasteiger partial charge in [-0.05, 0) is 44.2 Å². The molecule has 1 amide bonds. The lowest BCUT2D eigenvalue weighted by molar-refractivity contribution is -0.130. The first-order valence-electron chi connectivity index (χ1n) is 9.20. The van der Waals surface area contributed by atoms with Gasteiger partial charge in [0.1, 0.15) is 6.61 Å². The average Bonchev–Trinajstić information content (AvgIpc) is 3.01. The third-order valence-electron chi connectivity index (χ3n) is 4.74. The molecule has 0 radical (unpaired) electrons. The molecular weight excluding hydrogens is 390 g/mol. The van der Waals surface area contributed by atoms with E-state index in [1.54, 1.807) is 18.3 Å². The summed E-state index contributed by atoms with van der Waals surface area (Å²) in [6.45, 7) is 4.12. The number of hydrazone groups is 1. The van der Waals surface area contributed by atoms with E-state index in [1.807, 2.05) is 56.3 Å². The van der Waals surface area contributed by atoms with Gasteiger partial charge in [-0.15, -0.1) is 0 Å². The lowest BCUT2D eigenvalue weighted by atomic mass is 10.2. The summed E-state index contributed by atoms with van der Waals surface area (Å²) in [4.78, 5) is 12.4. The van der Waals surface area contributed by atoms with E-state index in [4.69, 9.17) is 21.1 Å². The number of nitrogens with zero attached hydrogens (tertiary/aromatic N) is 2. The quantitative estimate of drug-likeness (QED) is 0.522. The normalized spacial score (nSPS) is 15.5.